The fourth-order valence-corrected chi connectivity index (χ4v) is 4.13. The van der Waals surface area contributed by atoms with Crippen LogP contribution in [0.15, 0.2) is 67.1 Å². The maximum absolute atomic E-state index is 4.40. The van der Waals surface area contributed by atoms with E-state index in [1.165, 1.54) is 22.3 Å². The Morgan fingerprint density at radius 3 is 2.15 bits per heavy atom. The van der Waals surface area contributed by atoms with Crippen LogP contribution in [0.3, 0.4) is 0 Å². The highest BCUT2D eigenvalue weighted by atomic mass is 15.1. The second kappa shape index (κ2) is 13.2. The van der Waals surface area contributed by atoms with Crippen molar-refractivity contribution in [3.8, 4) is 0 Å². The van der Waals surface area contributed by atoms with Crippen molar-refractivity contribution in [1.29, 1.82) is 0 Å². The van der Waals surface area contributed by atoms with Crippen LogP contribution in [0.4, 0.5) is 0 Å². The average molecular weight is 445 g/mol. The molecule has 1 aliphatic rings. The maximum Gasteiger partial charge on any atom is 0.0541 e. The van der Waals surface area contributed by atoms with Crippen molar-refractivity contribution in [2.24, 2.45) is 0 Å². The minimum absolute atomic E-state index is 0.789. The van der Waals surface area contributed by atoms with Gasteiger partial charge in [0.05, 0.1) is 5.69 Å². The number of pyridine rings is 2. The first-order chi connectivity index (χ1) is 16.3. The molecule has 0 saturated heterocycles. The van der Waals surface area contributed by atoms with E-state index in [0.717, 1.165) is 77.4 Å². The molecule has 0 saturated carbocycles. The molecule has 2 aromatic heterocycles. The summed E-state index contributed by atoms with van der Waals surface area (Å²) >= 11 is 0. The third kappa shape index (κ3) is 8.33. The predicted octanol–water partition coefficient (Wildman–Crippen LogP) is 2.55. The minimum atomic E-state index is 0.789. The van der Waals surface area contributed by atoms with E-state index in [1.807, 2.05) is 30.7 Å². The zero-order valence-corrected chi connectivity index (χ0v) is 19.5. The molecule has 0 atom stereocenters. The van der Waals surface area contributed by atoms with Crippen molar-refractivity contribution in [2.45, 2.75) is 32.5 Å². The van der Waals surface area contributed by atoms with Crippen LogP contribution in [0, 0.1) is 0 Å². The molecule has 6 heteroatoms. The van der Waals surface area contributed by atoms with E-state index in [1.54, 1.807) is 0 Å². The van der Waals surface area contributed by atoms with Gasteiger partial charge in [-0.1, -0.05) is 36.4 Å². The van der Waals surface area contributed by atoms with Gasteiger partial charge in [-0.25, -0.2) is 0 Å². The number of nitrogens with zero attached hydrogens (tertiary/aromatic N) is 3. The van der Waals surface area contributed by atoms with Gasteiger partial charge < -0.3 is 16.0 Å². The highest BCUT2D eigenvalue weighted by Gasteiger charge is 2.07. The zero-order valence-electron chi connectivity index (χ0n) is 19.5. The standard InChI is InChI=1S/C27H36N6/c1-2-10-32-27(3-1)21-31-18-23-4-6-24(7-5-23)22-33-15-13-28-11-8-25-17-26(20-30-19-25)9-12-29-14-16-33/h1-7,10,17,19-20,28-29,31H,8-9,11-16,18,21-22H2. The molecule has 0 radical (unpaired) electrons. The van der Waals surface area contributed by atoms with E-state index < -0.39 is 0 Å². The van der Waals surface area contributed by atoms with Crippen molar-refractivity contribution in [1.82, 2.24) is 30.8 Å². The van der Waals surface area contributed by atoms with Crippen LogP contribution in [0.25, 0.3) is 0 Å². The topological polar surface area (TPSA) is 65.1 Å². The van der Waals surface area contributed by atoms with E-state index in [-0.39, 0.29) is 0 Å². The highest BCUT2D eigenvalue weighted by molar-refractivity contribution is 5.22. The van der Waals surface area contributed by atoms with Gasteiger partial charge in [0.2, 0.25) is 0 Å². The molecule has 174 valence electrons. The summed E-state index contributed by atoms with van der Waals surface area (Å²) in [6.45, 7) is 8.72. The minimum Gasteiger partial charge on any atom is -0.315 e. The Morgan fingerprint density at radius 1 is 0.788 bits per heavy atom. The molecule has 3 N–H and O–H groups in total. The van der Waals surface area contributed by atoms with Crippen molar-refractivity contribution in [3.05, 3.63) is 95.1 Å². The summed E-state index contributed by atoms with van der Waals surface area (Å²) < 4.78 is 0. The Bertz CT molecular complexity index is 915. The highest BCUT2D eigenvalue weighted by Crippen LogP contribution is 2.09. The molecule has 3 aromatic rings. The second-order valence-corrected chi connectivity index (χ2v) is 8.72. The molecule has 2 bridgehead atoms. The number of nitrogens with one attached hydrogen (secondary N) is 3. The van der Waals surface area contributed by atoms with Gasteiger partial charge >= 0.3 is 0 Å². The van der Waals surface area contributed by atoms with Crippen molar-refractivity contribution < 1.29 is 0 Å². The van der Waals surface area contributed by atoms with E-state index in [2.05, 4.69) is 67.2 Å². The fourth-order valence-electron chi connectivity index (χ4n) is 4.13. The fraction of sp³-hybridized carbons (Fsp3) is 0.407. The molecule has 0 unspecified atom stereocenters. The summed E-state index contributed by atoms with van der Waals surface area (Å²) in [5, 5.41) is 10.7. The van der Waals surface area contributed by atoms with E-state index in [0.29, 0.717) is 0 Å². The molecule has 0 fully saturated rings. The van der Waals surface area contributed by atoms with Gasteiger partial charge in [0.25, 0.3) is 0 Å². The molecule has 0 aliphatic carbocycles. The Labute approximate surface area is 197 Å². The Balaban J connectivity index is 1.24. The van der Waals surface area contributed by atoms with E-state index in [9.17, 15) is 0 Å². The van der Waals surface area contributed by atoms with E-state index >= 15 is 0 Å². The predicted molar refractivity (Wildman–Crippen MR) is 134 cm³/mol. The Morgan fingerprint density at radius 2 is 1.48 bits per heavy atom. The van der Waals surface area contributed by atoms with Crippen LogP contribution in [0.2, 0.25) is 0 Å². The molecule has 3 heterocycles. The second-order valence-electron chi connectivity index (χ2n) is 8.72. The summed E-state index contributed by atoms with van der Waals surface area (Å²) in [4.78, 5) is 11.3. The normalized spacial score (nSPS) is 16.2. The lowest BCUT2D eigenvalue weighted by atomic mass is 10.1. The quantitative estimate of drug-likeness (QED) is 0.543. The third-order valence-corrected chi connectivity index (χ3v) is 6.03. The van der Waals surface area contributed by atoms with Gasteiger partial charge in [0, 0.05) is 64.4 Å². The summed E-state index contributed by atoms with van der Waals surface area (Å²) in [6.07, 6.45) is 7.89. The SMILES string of the molecule is c1ccc(CNCc2ccc(CN3CCNCCc4cncc(c4)CCNCC3)cc2)nc1. The summed E-state index contributed by atoms with van der Waals surface area (Å²) in [5.74, 6) is 0. The molecule has 1 aromatic carbocycles. The molecular weight excluding hydrogens is 408 g/mol. The van der Waals surface area contributed by atoms with Crippen molar-refractivity contribution in [2.75, 3.05) is 39.3 Å². The van der Waals surface area contributed by atoms with Crippen LogP contribution in [0.1, 0.15) is 27.9 Å². The van der Waals surface area contributed by atoms with Crippen molar-refractivity contribution in [3.63, 3.8) is 0 Å². The van der Waals surface area contributed by atoms with Gasteiger partial charge in [0.1, 0.15) is 0 Å². The number of hydrogen-bond acceptors (Lipinski definition) is 6. The molecule has 1 aliphatic heterocycles. The number of benzene rings is 1. The Kier molecular flexibility index (Phi) is 9.38. The smallest absolute Gasteiger partial charge is 0.0541 e. The van der Waals surface area contributed by atoms with Crippen LogP contribution in [0.5, 0.6) is 0 Å². The first kappa shape index (κ1) is 23.5. The molecule has 33 heavy (non-hydrogen) atoms. The lowest BCUT2D eigenvalue weighted by Crippen LogP contribution is -2.37. The monoisotopic (exact) mass is 444 g/mol. The van der Waals surface area contributed by atoms with Crippen LogP contribution >= 0.6 is 0 Å². The Hall–Kier alpha value is -2.64. The van der Waals surface area contributed by atoms with Gasteiger partial charge in [-0.2, -0.15) is 0 Å². The average Bonchev–Trinajstić information content (AvgIpc) is 2.85. The van der Waals surface area contributed by atoms with Gasteiger partial charge in [-0.3, -0.25) is 14.9 Å². The first-order valence-electron chi connectivity index (χ1n) is 12.1. The van der Waals surface area contributed by atoms with Gasteiger partial charge in [0.15, 0.2) is 0 Å². The zero-order chi connectivity index (χ0) is 22.6. The van der Waals surface area contributed by atoms with Crippen LogP contribution in [-0.2, 0) is 32.5 Å². The number of aromatic nitrogens is 2. The van der Waals surface area contributed by atoms with Gasteiger partial charge in [-0.15, -0.1) is 0 Å². The molecule has 4 rings (SSSR count). The van der Waals surface area contributed by atoms with Crippen molar-refractivity contribution >= 4 is 0 Å². The molecule has 6 nitrogen and oxygen atoms in total. The number of fused-ring (bicyclic) bond motifs is 2. The summed E-state index contributed by atoms with van der Waals surface area (Å²) in [6, 6.07) is 17.3. The number of hydrogen-bond donors (Lipinski definition) is 3. The maximum atomic E-state index is 4.40. The third-order valence-electron chi connectivity index (χ3n) is 6.03. The summed E-state index contributed by atoms with van der Waals surface area (Å²) in [5.41, 5.74) is 6.39. The lowest BCUT2D eigenvalue weighted by Gasteiger charge is -2.23. The molecule has 0 spiro atoms. The first-order valence-corrected chi connectivity index (χ1v) is 12.1. The van der Waals surface area contributed by atoms with Gasteiger partial charge in [-0.05, 0) is 60.3 Å². The van der Waals surface area contributed by atoms with Crippen LogP contribution in [-0.4, -0.2) is 54.1 Å². The largest absolute Gasteiger partial charge is 0.315 e. The number of rotatable bonds is 6. The molecular formula is C27H36N6. The van der Waals surface area contributed by atoms with E-state index in [4.69, 9.17) is 0 Å². The lowest BCUT2D eigenvalue weighted by molar-refractivity contribution is 0.265. The summed E-state index contributed by atoms with van der Waals surface area (Å²) in [7, 11) is 0. The van der Waals surface area contributed by atoms with Crippen LogP contribution < -0.4 is 16.0 Å². The molecule has 0 amide bonds.